The molecule has 0 unspecified atom stereocenters. The zero-order chi connectivity index (χ0) is 21.2. The van der Waals surface area contributed by atoms with E-state index in [1.54, 1.807) is 0 Å². The number of nitrogens with one attached hydrogen (secondary N) is 1. The van der Waals surface area contributed by atoms with Crippen LogP contribution in [0.3, 0.4) is 0 Å². The van der Waals surface area contributed by atoms with Gasteiger partial charge in [-0.2, -0.15) is 0 Å². The number of hydrogen-bond acceptors (Lipinski definition) is 4. The van der Waals surface area contributed by atoms with Crippen molar-refractivity contribution in [1.29, 1.82) is 0 Å². The second-order valence-electron chi connectivity index (χ2n) is 8.95. The first-order valence-corrected chi connectivity index (χ1v) is 10.8. The van der Waals surface area contributed by atoms with Gasteiger partial charge in [-0.25, -0.2) is 4.79 Å². The van der Waals surface area contributed by atoms with Crippen LogP contribution in [-0.2, 0) is 16.0 Å². The van der Waals surface area contributed by atoms with Crippen molar-refractivity contribution in [3.8, 4) is 0 Å². The number of hydrogen-bond donors (Lipinski definition) is 1. The number of H-pyrrole nitrogens is 1. The average Bonchev–Trinajstić information content (AvgIpc) is 3.15. The highest BCUT2D eigenvalue weighted by Crippen LogP contribution is 2.46. The third-order valence-corrected chi connectivity index (χ3v) is 7.56. The van der Waals surface area contributed by atoms with Gasteiger partial charge in [0, 0.05) is 43.8 Å². The van der Waals surface area contributed by atoms with Crippen LogP contribution < -0.4 is 0 Å². The number of fused-ring (bicyclic) bond motifs is 5. The normalized spacial score (nSPS) is 28.2. The van der Waals surface area contributed by atoms with Crippen LogP contribution in [0.25, 0.3) is 10.9 Å². The number of barbiturate groups is 1. The average molecular weight is 409 g/mol. The van der Waals surface area contributed by atoms with Gasteiger partial charge >= 0.3 is 6.03 Å². The lowest BCUT2D eigenvalue weighted by Gasteiger charge is -2.49. The van der Waals surface area contributed by atoms with E-state index in [9.17, 15) is 14.4 Å². The predicted molar refractivity (Wildman–Crippen MR) is 113 cm³/mol. The Morgan fingerprint density at radius 3 is 2.47 bits per heavy atom. The molecule has 3 aliphatic rings. The Balaban J connectivity index is 1.53. The van der Waals surface area contributed by atoms with Gasteiger partial charge in [0.05, 0.1) is 6.04 Å². The topological polar surface area (TPSA) is 76.7 Å². The number of carbonyl (C=O) groups excluding carboxylic acids is 3. The Kier molecular flexibility index (Phi) is 4.47. The molecule has 5 rings (SSSR count). The van der Waals surface area contributed by atoms with Gasteiger partial charge in [0.2, 0.25) is 11.8 Å². The lowest BCUT2D eigenvalue weighted by atomic mass is 9.70. The Morgan fingerprint density at radius 2 is 1.77 bits per heavy atom. The van der Waals surface area contributed by atoms with Crippen LogP contribution in [0.1, 0.15) is 37.1 Å². The molecule has 0 saturated carbocycles. The summed E-state index contributed by atoms with van der Waals surface area (Å²) in [7, 11) is 2.96. The first-order valence-electron chi connectivity index (χ1n) is 10.8. The van der Waals surface area contributed by atoms with Crippen molar-refractivity contribution in [2.24, 2.45) is 17.8 Å². The number of imide groups is 2. The summed E-state index contributed by atoms with van der Waals surface area (Å²) in [6.45, 7) is 4.00. The summed E-state index contributed by atoms with van der Waals surface area (Å²) in [4.78, 5) is 46.7. The molecule has 158 valence electrons. The number of para-hydroxylation sites is 1. The van der Waals surface area contributed by atoms with Gasteiger partial charge in [-0.05, 0) is 36.3 Å². The van der Waals surface area contributed by atoms with Crippen LogP contribution >= 0.6 is 0 Å². The zero-order valence-corrected chi connectivity index (χ0v) is 17.7. The fraction of sp³-hybridized carbons (Fsp3) is 0.522. The van der Waals surface area contributed by atoms with Gasteiger partial charge in [-0.1, -0.05) is 31.5 Å². The SMILES string of the molecule is CC[C@H]1CN2CCc3c([nH]c4ccccc34)[C@@H]2C[C@H]1C1C(=O)N(C)C(=O)N(C)C1=O. The molecule has 1 aromatic carbocycles. The molecule has 2 aromatic rings. The number of benzene rings is 1. The fourth-order valence-electron chi connectivity index (χ4n) is 5.88. The number of carbonyl (C=O) groups is 3. The van der Waals surface area contributed by atoms with Crippen LogP contribution in [0.15, 0.2) is 24.3 Å². The standard InChI is InChI=1S/C23H28N4O3/c1-4-13-12-27-10-9-15-14-7-5-6-8-17(14)24-20(15)18(27)11-16(13)19-21(28)25(2)23(30)26(3)22(19)29/h5-8,13,16,18-19,24H,4,9-12H2,1-3H3/t13-,16+,18-/m0/s1. The lowest BCUT2D eigenvalue weighted by Crippen LogP contribution is -2.61. The quantitative estimate of drug-likeness (QED) is 0.776. The first-order chi connectivity index (χ1) is 14.4. The molecule has 7 heteroatoms. The number of rotatable bonds is 2. The van der Waals surface area contributed by atoms with Gasteiger partial charge in [-0.3, -0.25) is 24.3 Å². The third kappa shape index (κ3) is 2.64. The molecule has 0 aliphatic carbocycles. The fourth-order valence-corrected chi connectivity index (χ4v) is 5.88. The zero-order valence-electron chi connectivity index (χ0n) is 17.7. The highest BCUT2D eigenvalue weighted by atomic mass is 16.2. The van der Waals surface area contributed by atoms with Crippen molar-refractivity contribution >= 4 is 28.7 Å². The second-order valence-corrected chi connectivity index (χ2v) is 8.95. The summed E-state index contributed by atoms with van der Waals surface area (Å²) in [5.41, 5.74) is 3.75. The van der Waals surface area contributed by atoms with Crippen LogP contribution in [0, 0.1) is 17.8 Å². The van der Waals surface area contributed by atoms with Gasteiger partial charge in [0.15, 0.2) is 0 Å². The Labute approximate surface area is 176 Å². The molecule has 30 heavy (non-hydrogen) atoms. The van der Waals surface area contributed by atoms with Crippen molar-refractivity contribution in [2.45, 2.75) is 32.2 Å². The number of piperidine rings is 1. The molecular formula is C23H28N4O3. The van der Waals surface area contributed by atoms with Crippen molar-refractivity contribution in [3.05, 3.63) is 35.5 Å². The van der Waals surface area contributed by atoms with Crippen LogP contribution in [0.2, 0.25) is 0 Å². The van der Waals surface area contributed by atoms with Crippen molar-refractivity contribution in [1.82, 2.24) is 19.7 Å². The molecule has 3 aliphatic heterocycles. The monoisotopic (exact) mass is 408 g/mol. The van der Waals surface area contributed by atoms with Crippen molar-refractivity contribution in [3.63, 3.8) is 0 Å². The van der Waals surface area contributed by atoms with Crippen molar-refractivity contribution < 1.29 is 14.4 Å². The maximum atomic E-state index is 13.0. The number of aromatic nitrogens is 1. The summed E-state index contributed by atoms with van der Waals surface area (Å²) in [6.07, 6.45) is 2.67. The Hall–Kier alpha value is -2.67. The van der Waals surface area contributed by atoms with Gasteiger partial charge < -0.3 is 4.98 Å². The van der Waals surface area contributed by atoms with E-state index in [1.807, 2.05) is 6.07 Å². The molecule has 3 atom stereocenters. The minimum absolute atomic E-state index is 0.0772. The summed E-state index contributed by atoms with van der Waals surface area (Å²) in [6, 6.07) is 8.02. The number of urea groups is 1. The highest BCUT2D eigenvalue weighted by molar-refractivity contribution is 6.15. The van der Waals surface area contributed by atoms with E-state index < -0.39 is 11.9 Å². The molecule has 4 heterocycles. The summed E-state index contributed by atoms with van der Waals surface area (Å²) in [5.74, 6) is -1.31. The van der Waals surface area contributed by atoms with Crippen molar-refractivity contribution in [2.75, 3.05) is 27.2 Å². The molecule has 0 radical (unpaired) electrons. The van der Waals surface area contributed by atoms with Gasteiger partial charge in [0.25, 0.3) is 0 Å². The van der Waals surface area contributed by atoms with E-state index in [4.69, 9.17) is 0 Å². The molecule has 0 bridgehead atoms. The predicted octanol–water partition coefficient (Wildman–Crippen LogP) is 2.78. The summed E-state index contributed by atoms with van der Waals surface area (Å²) in [5, 5.41) is 1.27. The highest BCUT2D eigenvalue weighted by Gasteiger charge is 2.51. The molecule has 2 saturated heterocycles. The lowest BCUT2D eigenvalue weighted by molar-refractivity contribution is -0.153. The smallest absolute Gasteiger partial charge is 0.332 e. The van der Waals surface area contributed by atoms with E-state index in [-0.39, 0.29) is 29.7 Å². The molecular weight excluding hydrogens is 380 g/mol. The van der Waals surface area contributed by atoms with Crippen LogP contribution in [-0.4, -0.2) is 64.7 Å². The minimum atomic E-state index is -0.778. The molecule has 4 amide bonds. The first kappa shape index (κ1) is 19.3. The second kappa shape index (κ2) is 6.94. The maximum absolute atomic E-state index is 13.0. The Bertz CT molecular complexity index is 1020. The van der Waals surface area contributed by atoms with Gasteiger partial charge in [-0.15, -0.1) is 0 Å². The summed E-state index contributed by atoms with van der Waals surface area (Å²) < 4.78 is 0. The van der Waals surface area contributed by atoms with E-state index >= 15 is 0 Å². The van der Waals surface area contributed by atoms with E-state index in [2.05, 4.69) is 35.0 Å². The van der Waals surface area contributed by atoms with Crippen LogP contribution in [0.4, 0.5) is 4.79 Å². The van der Waals surface area contributed by atoms with Crippen LogP contribution in [0.5, 0.6) is 0 Å². The number of nitrogens with zero attached hydrogens (tertiary/aromatic N) is 3. The molecule has 0 spiro atoms. The largest absolute Gasteiger partial charge is 0.357 e. The third-order valence-electron chi connectivity index (χ3n) is 7.56. The molecule has 1 aromatic heterocycles. The molecule has 2 fully saturated rings. The number of amides is 4. The maximum Gasteiger partial charge on any atom is 0.332 e. The molecule has 7 nitrogen and oxygen atoms in total. The molecule has 1 N–H and O–H groups in total. The van der Waals surface area contributed by atoms with E-state index in [0.29, 0.717) is 0 Å². The Morgan fingerprint density at radius 1 is 1.07 bits per heavy atom. The minimum Gasteiger partial charge on any atom is -0.357 e. The van der Waals surface area contributed by atoms with E-state index in [1.165, 1.54) is 30.7 Å². The number of aromatic amines is 1. The van der Waals surface area contributed by atoms with Gasteiger partial charge in [0.1, 0.15) is 5.92 Å². The summed E-state index contributed by atoms with van der Waals surface area (Å²) >= 11 is 0. The van der Waals surface area contributed by atoms with E-state index in [0.717, 1.165) is 47.7 Å².